The Hall–Kier alpha value is -6.46. The lowest BCUT2D eigenvalue weighted by Gasteiger charge is -2.43. The Morgan fingerprint density at radius 3 is 1.48 bits per heavy atom. The summed E-state index contributed by atoms with van der Waals surface area (Å²) in [7, 11) is 2.26. The summed E-state index contributed by atoms with van der Waals surface area (Å²) in [6.07, 6.45) is 0. The van der Waals surface area contributed by atoms with Gasteiger partial charge in [-0.05, 0) is 99.6 Å². The summed E-state index contributed by atoms with van der Waals surface area (Å²) in [6, 6.07) is 59.3. The average Bonchev–Trinajstić information content (AvgIpc) is 3.72. The molecule has 4 heterocycles. The third-order valence-electron chi connectivity index (χ3n) is 12.8. The molecule has 0 fully saturated rings. The van der Waals surface area contributed by atoms with E-state index < -0.39 is 0 Å². The Balaban J connectivity index is 1.22. The fourth-order valence-corrected chi connectivity index (χ4v) is 9.95. The van der Waals surface area contributed by atoms with Crippen molar-refractivity contribution in [1.82, 2.24) is 9.13 Å². The van der Waals surface area contributed by atoms with Gasteiger partial charge in [-0.1, -0.05) is 133 Å². The molecule has 0 spiro atoms. The van der Waals surface area contributed by atoms with Crippen molar-refractivity contribution in [1.29, 1.82) is 0 Å². The van der Waals surface area contributed by atoms with Crippen molar-refractivity contribution >= 4 is 90.1 Å². The first kappa shape index (κ1) is 34.8. The molecule has 0 aliphatic carbocycles. The van der Waals surface area contributed by atoms with Gasteiger partial charge in [0.25, 0.3) is 6.71 Å². The predicted molar refractivity (Wildman–Crippen MR) is 249 cm³/mol. The summed E-state index contributed by atoms with van der Waals surface area (Å²) in [4.78, 5) is 5.07. The molecule has 2 aliphatic heterocycles. The van der Waals surface area contributed by atoms with Crippen LogP contribution < -0.4 is 26.3 Å². The number of nitrogens with zero attached hydrogens (tertiary/aromatic N) is 4. The maximum atomic E-state index is 2.54. The number of aryl methyl sites for hydroxylation is 1. The molecule has 0 unspecified atom stereocenters. The molecule has 0 amide bonds. The fourth-order valence-electron chi connectivity index (χ4n) is 9.95. The normalized spacial score (nSPS) is 13.7. The first-order valence-electron chi connectivity index (χ1n) is 20.6. The Morgan fingerprint density at radius 1 is 0.431 bits per heavy atom. The largest absolute Gasteiger partial charge is 0.353 e. The summed E-state index contributed by atoms with van der Waals surface area (Å²) in [5, 5.41) is 3.80. The van der Waals surface area contributed by atoms with Crippen LogP contribution in [0.1, 0.15) is 52.7 Å². The average molecular weight is 751 g/mol. The highest BCUT2D eigenvalue weighted by Gasteiger charge is 2.46. The van der Waals surface area contributed by atoms with Gasteiger partial charge in [-0.2, -0.15) is 0 Å². The molecule has 0 bridgehead atoms. The topological polar surface area (TPSA) is 16.3 Å². The van der Waals surface area contributed by atoms with Gasteiger partial charge in [0, 0.05) is 68.4 Å². The van der Waals surface area contributed by atoms with E-state index >= 15 is 0 Å². The zero-order chi connectivity index (χ0) is 39.7. The molecule has 2 aliphatic rings. The Morgan fingerprint density at radius 2 is 0.914 bits per heavy atom. The number of anilines is 6. The van der Waals surface area contributed by atoms with E-state index in [9.17, 15) is 0 Å². The van der Waals surface area contributed by atoms with Crippen LogP contribution in [-0.2, 0) is 17.9 Å². The summed E-state index contributed by atoms with van der Waals surface area (Å²) < 4.78 is 4.91. The van der Waals surface area contributed by atoms with Gasteiger partial charge in [0.1, 0.15) is 0 Å². The van der Waals surface area contributed by atoms with Crippen molar-refractivity contribution < 1.29 is 0 Å². The van der Waals surface area contributed by atoms with Crippen LogP contribution >= 0.6 is 0 Å². The molecule has 58 heavy (non-hydrogen) atoms. The lowest BCUT2D eigenvalue weighted by Crippen LogP contribution is -2.62. The third-order valence-corrected chi connectivity index (χ3v) is 12.8. The van der Waals surface area contributed by atoms with Crippen molar-refractivity contribution in [2.45, 2.75) is 52.4 Å². The number of para-hydroxylation sites is 3. The van der Waals surface area contributed by atoms with Crippen LogP contribution in [0.15, 0.2) is 158 Å². The van der Waals surface area contributed by atoms with Crippen LogP contribution in [0.2, 0.25) is 0 Å². The summed E-state index contributed by atoms with van der Waals surface area (Å²) >= 11 is 0. The molecular weight excluding hydrogens is 703 g/mol. The number of benzene rings is 7. The Labute approximate surface area is 341 Å². The van der Waals surface area contributed by atoms with Crippen LogP contribution in [0, 0.1) is 0 Å². The van der Waals surface area contributed by atoms with E-state index in [2.05, 4.69) is 225 Å². The second kappa shape index (κ2) is 12.3. The van der Waals surface area contributed by atoms with Crippen molar-refractivity contribution in [3.05, 3.63) is 169 Å². The standard InChI is InChI=1S/C53H47BN4/c1-52(2,3)34-23-27-36(28-24-34)56-46-21-14-22-47-49(46)54(42-32-31-38(33-48(42)56)57-44-19-12-8-15-39(44)40-16-9-13-20-45(40)57)51-50(41-17-10-11-18-43(41)55(51)7)58(47)37-29-25-35(26-30-37)53(4,5)6/h8-33H,1-7H3. The summed E-state index contributed by atoms with van der Waals surface area (Å²) in [5.74, 6) is 0. The van der Waals surface area contributed by atoms with Crippen LogP contribution in [-0.4, -0.2) is 15.8 Å². The summed E-state index contributed by atoms with van der Waals surface area (Å²) in [6.45, 7) is 13.7. The number of aromatic nitrogens is 2. The monoisotopic (exact) mass is 750 g/mol. The van der Waals surface area contributed by atoms with E-state index in [1.807, 2.05) is 0 Å². The zero-order valence-electron chi connectivity index (χ0n) is 34.4. The molecule has 5 heteroatoms. The molecule has 9 aromatic rings. The highest BCUT2D eigenvalue weighted by atomic mass is 15.2. The molecule has 4 nitrogen and oxygen atoms in total. The Kier molecular flexibility index (Phi) is 7.36. The molecule has 7 aromatic carbocycles. The molecular formula is C53H47BN4. The van der Waals surface area contributed by atoms with Gasteiger partial charge in [0.05, 0.1) is 16.7 Å². The van der Waals surface area contributed by atoms with Gasteiger partial charge in [-0.25, -0.2) is 0 Å². The maximum absolute atomic E-state index is 2.54. The van der Waals surface area contributed by atoms with Crippen molar-refractivity contribution in [3.63, 3.8) is 0 Å². The second-order valence-corrected chi connectivity index (χ2v) is 18.3. The number of fused-ring (bicyclic) bond motifs is 9. The minimum absolute atomic E-state index is 0.0102. The lowest BCUT2D eigenvalue weighted by molar-refractivity contribution is 0.590. The van der Waals surface area contributed by atoms with Crippen LogP contribution in [0.25, 0.3) is 38.4 Å². The fraction of sp³-hybridized carbons (Fsp3) is 0.170. The number of hydrogen-bond donors (Lipinski definition) is 0. The third kappa shape index (κ3) is 4.95. The quantitative estimate of drug-likeness (QED) is 0.167. The van der Waals surface area contributed by atoms with Crippen molar-refractivity contribution in [3.8, 4) is 5.69 Å². The summed E-state index contributed by atoms with van der Waals surface area (Å²) in [5.41, 5.74) is 18.8. The van der Waals surface area contributed by atoms with E-state index in [0.29, 0.717) is 0 Å². The molecule has 11 rings (SSSR count). The second-order valence-electron chi connectivity index (χ2n) is 18.3. The van der Waals surface area contributed by atoms with Crippen LogP contribution in [0.5, 0.6) is 0 Å². The highest BCUT2D eigenvalue weighted by Crippen LogP contribution is 2.47. The number of rotatable bonds is 3. The molecule has 2 aromatic heterocycles. The number of hydrogen-bond acceptors (Lipinski definition) is 2. The molecule has 0 saturated carbocycles. The van der Waals surface area contributed by atoms with Crippen LogP contribution in [0.4, 0.5) is 34.1 Å². The maximum Gasteiger partial charge on any atom is 0.272 e. The molecule has 0 atom stereocenters. The minimum Gasteiger partial charge on any atom is -0.353 e. The molecule has 0 saturated heterocycles. The van der Waals surface area contributed by atoms with Crippen LogP contribution in [0.3, 0.4) is 0 Å². The zero-order valence-corrected chi connectivity index (χ0v) is 34.4. The molecule has 0 N–H and O–H groups in total. The SMILES string of the molecule is Cn1c2c(c3ccccc31)N(c1ccc(C(C)(C)C)cc1)c1cccc3c1B2c1ccc(-n2c4ccccc4c4ccccc42)cc1N3c1ccc(C(C)(C)C)cc1. The van der Waals surface area contributed by atoms with Gasteiger partial charge < -0.3 is 18.9 Å². The van der Waals surface area contributed by atoms with Crippen molar-refractivity contribution in [2.24, 2.45) is 7.05 Å². The van der Waals surface area contributed by atoms with Gasteiger partial charge in [-0.3, -0.25) is 0 Å². The van der Waals surface area contributed by atoms with E-state index in [0.717, 1.165) is 11.4 Å². The van der Waals surface area contributed by atoms with E-state index in [4.69, 9.17) is 0 Å². The van der Waals surface area contributed by atoms with E-state index in [1.54, 1.807) is 0 Å². The first-order chi connectivity index (χ1) is 28.0. The van der Waals surface area contributed by atoms with Gasteiger partial charge in [0.2, 0.25) is 0 Å². The van der Waals surface area contributed by atoms with E-state index in [1.165, 1.54) is 88.8 Å². The smallest absolute Gasteiger partial charge is 0.272 e. The van der Waals surface area contributed by atoms with E-state index in [-0.39, 0.29) is 17.5 Å². The minimum atomic E-state index is 0.0102. The molecule has 282 valence electrons. The predicted octanol–water partition coefficient (Wildman–Crippen LogP) is 12.0. The van der Waals surface area contributed by atoms with Crippen molar-refractivity contribution in [2.75, 3.05) is 9.80 Å². The van der Waals surface area contributed by atoms with Gasteiger partial charge in [0.15, 0.2) is 0 Å². The highest BCUT2D eigenvalue weighted by molar-refractivity contribution is 7.00. The lowest BCUT2D eigenvalue weighted by atomic mass is 9.35. The molecule has 0 radical (unpaired) electrons. The Bertz CT molecular complexity index is 3040. The van der Waals surface area contributed by atoms with Gasteiger partial charge >= 0.3 is 0 Å². The first-order valence-corrected chi connectivity index (χ1v) is 20.6. The van der Waals surface area contributed by atoms with Gasteiger partial charge in [-0.15, -0.1) is 0 Å².